The molecule has 4 nitrogen and oxygen atoms in total. The Balaban J connectivity index is 2.07. The molecule has 1 aromatic rings. The maximum absolute atomic E-state index is 12.9. The van der Waals surface area contributed by atoms with Crippen molar-refractivity contribution in [3.8, 4) is 0 Å². The number of fused-ring (bicyclic) bond motifs is 1. The zero-order valence-electron chi connectivity index (χ0n) is 10.0. The highest BCUT2D eigenvalue weighted by Crippen LogP contribution is 2.30. The topological polar surface area (TPSA) is 61.9 Å². The Morgan fingerprint density at radius 3 is 2.95 bits per heavy atom. The Labute approximate surface area is 112 Å². The maximum Gasteiger partial charge on any atom is 0.400 e. The van der Waals surface area contributed by atoms with Crippen LogP contribution in [-0.2, 0) is 13.0 Å². The van der Waals surface area contributed by atoms with Gasteiger partial charge in [-0.15, -0.1) is 11.3 Å². The van der Waals surface area contributed by atoms with Gasteiger partial charge in [-0.3, -0.25) is 4.90 Å². The lowest BCUT2D eigenvalue weighted by atomic mass is 10.0. The highest BCUT2D eigenvalue weighted by Gasteiger charge is 2.44. The van der Waals surface area contributed by atoms with Crippen LogP contribution in [0, 0.1) is 5.92 Å². The Hall–Kier alpha value is -1.28. The van der Waals surface area contributed by atoms with Gasteiger partial charge in [-0.05, 0) is 23.4 Å². The van der Waals surface area contributed by atoms with Crippen LogP contribution in [0.25, 0.3) is 0 Å². The summed E-state index contributed by atoms with van der Waals surface area (Å²) >= 11 is 1.63. The summed E-state index contributed by atoms with van der Waals surface area (Å²) in [6, 6.07) is 1.93. The molecule has 0 fully saturated rings. The minimum absolute atomic E-state index is 0.283. The first kappa shape index (κ1) is 14.1. The standard InChI is InChI=1S/C11H14F3N3OS/c12-11(13,14)8(10(15)16-18)6-17-3-1-9-7(5-17)2-4-19-9/h2,4,8,18H,1,3,5-6H2,(H2,15,16). The molecule has 0 aliphatic carbocycles. The second-order valence-electron chi connectivity index (χ2n) is 4.47. The van der Waals surface area contributed by atoms with Crippen LogP contribution < -0.4 is 5.73 Å². The summed E-state index contributed by atoms with van der Waals surface area (Å²) in [7, 11) is 0. The normalized spacial score (nSPS) is 19.2. The van der Waals surface area contributed by atoms with Crippen LogP contribution in [0.4, 0.5) is 13.2 Å². The molecule has 1 aliphatic heterocycles. The lowest BCUT2D eigenvalue weighted by Gasteiger charge is -2.30. The van der Waals surface area contributed by atoms with Gasteiger partial charge in [-0.2, -0.15) is 13.2 Å². The van der Waals surface area contributed by atoms with Crippen molar-refractivity contribution in [2.75, 3.05) is 13.1 Å². The summed E-state index contributed by atoms with van der Waals surface area (Å²) in [5, 5.41) is 12.9. The minimum Gasteiger partial charge on any atom is -0.409 e. The Morgan fingerprint density at radius 2 is 2.32 bits per heavy atom. The van der Waals surface area contributed by atoms with Crippen molar-refractivity contribution in [3.63, 3.8) is 0 Å². The molecular formula is C11H14F3N3OS. The van der Waals surface area contributed by atoms with Gasteiger partial charge < -0.3 is 10.9 Å². The zero-order chi connectivity index (χ0) is 14.0. The van der Waals surface area contributed by atoms with Gasteiger partial charge in [-0.1, -0.05) is 5.16 Å². The predicted molar refractivity (Wildman–Crippen MR) is 66.3 cm³/mol. The van der Waals surface area contributed by atoms with E-state index in [1.807, 2.05) is 11.4 Å². The number of nitrogens with two attached hydrogens (primary N) is 1. The number of hydrogen-bond donors (Lipinski definition) is 2. The van der Waals surface area contributed by atoms with Crippen molar-refractivity contribution in [3.05, 3.63) is 21.9 Å². The summed E-state index contributed by atoms with van der Waals surface area (Å²) in [6.07, 6.45) is -3.76. The molecule has 2 rings (SSSR count). The first-order chi connectivity index (χ1) is 8.91. The lowest BCUT2D eigenvalue weighted by molar-refractivity contribution is -0.160. The van der Waals surface area contributed by atoms with Crippen LogP contribution in [0.3, 0.4) is 0 Å². The minimum atomic E-state index is -4.51. The molecule has 2 heterocycles. The highest BCUT2D eigenvalue weighted by atomic mass is 32.1. The first-order valence-corrected chi connectivity index (χ1v) is 6.61. The molecule has 8 heteroatoms. The van der Waals surface area contributed by atoms with E-state index >= 15 is 0 Å². The third-order valence-corrected chi connectivity index (χ3v) is 4.22. The summed E-state index contributed by atoms with van der Waals surface area (Å²) in [6.45, 7) is 0.748. The number of rotatable bonds is 3. The van der Waals surface area contributed by atoms with Crippen LogP contribution in [0.15, 0.2) is 16.6 Å². The van der Waals surface area contributed by atoms with Gasteiger partial charge in [-0.25, -0.2) is 0 Å². The van der Waals surface area contributed by atoms with E-state index in [-0.39, 0.29) is 6.54 Å². The molecule has 106 valence electrons. The van der Waals surface area contributed by atoms with Crippen LogP contribution in [0.1, 0.15) is 10.4 Å². The molecule has 1 atom stereocenters. The van der Waals surface area contributed by atoms with Gasteiger partial charge >= 0.3 is 6.18 Å². The molecular weight excluding hydrogens is 279 g/mol. The van der Waals surface area contributed by atoms with Gasteiger partial charge in [0.05, 0.1) is 0 Å². The Bertz CT molecular complexity index is 472. The van der Waals surface area contributed by atoms with E-state index in [2.05, 4.69) is 5.16 Å². The molecule has 1 aliphatic rings. The number of hydrogen-bond acceptors (Lipinski definition) is 4. The number of halogens is 3. The Morgan fingerprint density at radius 1 is 1.58 bits per heavy atom. The Kier molecular flexibility index (Phi) is 4.00. The average Bonchev–Trinajstić information content (AvgIpc) is 2.81. The quantitative estimate of drug-likeness (QED) is 0.388. The van der Waals surface area contributed by atoms with Gasteiger partial charge in [0.1, 0.15) is 5.92 Å². The first-order valence-electron chi connectivity index (χ1n) is 5.73. The molecule has 0 spiro atoms. The van der Waals surface area contributed by atoms with Crippen molar-refractivity contribution < 1.29 is 18.4 Å². The molecule has 1 unspecified atom stereocenters. The zero-order valence-corrected chi connectivity index (χ0v) is 10.8. The van der Waals surface area contributed by atoms with Crippen molar-refractivity contribution in [1.29, 1.82) is 0 Å². The largest absolute Gasteiger partial charge is 0.409 e. The molecule has 0 aromatic carbocycles. The van der Waals surface area contributed by atoms with E-state index in [4.69, 9.17) is 10.9 Å². The average molecular weight is 293 g/mol. The maximum atomic E-state index is 12.9. The SMILES string of the molecule is N/C(=N/O)C(CN1CCc2sccc2C1)C(F)(F)F. The van der Waals surface area contributed by atoms with Gasteiger partial charge in [0.15, 0.2) is 5.84 Å². The summed E-state index contributed by atoms with van der Waals surface area (Å²) in [5.41, 5.74) is 6.22. The van der Waals surface area contributed by atoms with E-state index < -0.39 is 17.9 Å². The molecule has 0 saturated carbocycles. The van der Waals surface area contributed by atoms with Crippen molar-refractivity contribution in [2.24, 2.45) is 16.8 Å². The van der Waals surface area contributed by atoms with Gasteiger partial charge in [0.2, 0.25) is 0 Å². The van der Waals surface area contributed by atoms with Crippen molar-refractivity contribution >= 4 is 17.2 Å². The van der Waals surface area contributed by atoms with Crippen LogP contribution >= 0.6 is 11.3 Å². The molecule has 0 radical (unpaired) electrons. The fraction of sp³-hybridized carbons (Fsp3) is 0.545. The third kappa shape index (κ3) is 3.19. The fourth-order valence-electron chi connectivity index (χ4n) is 2.16. The third-order valence-electron chi connectivity index (χ3n) is 3.20. The van der Waals surface area contributed by atoms with Gasteiger partial charge in [0, 0.05) is 24.5 Å². The predicted octanol–water partition coefficient (Wildman–Crippen LogP) is 2.03. The van der Waals surface area contributed by atoms with Crippen molar-refractivity contribution in [1.82, 2.24) is 4.90 Å². The summed E-state index contributed by atoms with van der Waals surface area (Å²) < 4.78 is 38.6. The van der Waals surface area contributed by atoms with E-state index in [0.29, 0.717) is 13.1 Å². The molecule has 1 aromatic heterocycles. The second kappa shape index (κ2) is 5.38. The van der Waals surface area contributed by atoms with Crippen LogP contribution in [-0.4, -0.2) is 35.2 Å². The summed E-state index contributed by atoms with van der Waals surface area (Å²) in [5.74, 6) is -2.72. The summed E-state index contributed by atoms with van der Waals surface area (Å²) in [4.78, 5) is 2.91. The molecule has 0 bridgehead atoms. The van der Waals surface area contributed by atoms with E-state index in [0.717, 1.165) is 12.0 Å². The van der Waals surface area contributed by atoms with E-state index in [1.165, 1.54) is 4.88 Å². The second-order valence-corrected chi connectivity index (χ2v) is 5.47. The fourth-order valence-corrected chi connectivity index (χ4v) is 3.05. The number of oxime groups is 1. The van der Waals surface area contributed by atoms with Crippen molar-refractivity contribution in [2.45, 2.75) is 19.1 Å². The smallest absolute Gasteiger partial charge is 0.400 e. The number of thiophene rings is 1. The highest BCUT2D eigenvalue weighted by molar-refractivity contribution is 7.10. The van der Waals surface area contributed by atoms with E-state index in [1.54, 1.807) is 16.2 Å². The molecule has 0 amide bonds. The lowest BCUT2D eigenvalue weighted by Crippen LogP contribution is -2.45. The van der Waals surface area contributed by atoms with Crippen LogP contribution in [0.5, 0.6) is 0 Å². The van der Waals surface area contributed by atoms with Gasteiger partial charge in [0.25, 0.3) is 0 Å². The monoisotopic (exact) mass is 293 g/mol. The van der Waals surface area contributed by atoms with E-state index in [9.17, 15) is 13.2 Å². The van der Waals surface area contributed by atoms with Crippen LogP contribution in [0.2, 0.25) is 0 Å². The number of nitrogens with zero attached hydrogens (tertiary/aromatic N) is 2. The molecule has 0 saturated heterocycles. The number of amidine groups is 1. The molecule has 19 heavy (non-hydrogen) atoms. The number of alkyl halides is 3. The molecule has 3 N–H and O–H groups in total.